The smallest absolute Gasteiger partial charge is 0.335 e. The van der Waals surface area contributed by atoms with Crippen LogP contribution in [-0.4, -0.2) is 42.6 Å². The van der Waals surface area contributed by atoms with Crippen LogP contribution in [0, 0.1) is 0 Å². The Balaban J connectivity index is 2.18. The van der Waals surface area contributed by atoms with Crippen molar-refractivity contribution in [1.29, 1.82) is 0 Å². The van der Waals surface area contributed by atoms with E-state index in [4.69, 9.17) is 9.84 Å². The number of carbonyl (C=O) groups is 1. The molecule has 0 bridgehead atoms. The number of rotatable bonds is 9. The van der Waals surface area contributed by atoms with Crippen molar-refractivity contribution in [3.8, 4) is 17.1 Å². The first-order chi connectivity index (χ1) is 14.8. The summed E-state index contributed by atoms with van der Waals surface area (Å²) in [5, 5.41) is 9.26. The highest BCUT2D eigenvalue weighted by atomic mass is 32.2. The maximum absolute atomic E-state index is 12.6. The van der Waals surface area contributed by atoms with Gasteiger partial charge < -0.3 is 14.8 Å². The number of carboxylic acids is 1. The summed E-state index contributed by atoms with van der Waals surface area (Å²) < 4.78 is 33.2. The lowest BCUT2D eigenvalue weighted by molar-refractivity contribution is 0.0697. The number of nitrogens with one attached hydrogen (secondary N) is 2. The Bertz CT molecular complexity index is 1280. The lowest BCUT2D eigenvalue weighted by atomic mass is 10.1. The second-order valence-electron chi connectivity index (χ2n) is 6.81. The first kappa shape index (κ1) is 22.4. The number of sulfonamides is 1. The maximum Gasteiger partial charge on any atom is 0.335 e. The molecule has 2 aromatic carbocycles. The second-order valence-corrected chi connectivity index (χ2v) is 8.58. The summed E-state index contributed by atoms with van der Waals surface area (Å²) in [6.45, 7) is 4.34. The van der Waals surface area contributed by atoms with Gasteiger partial charge in [0.25, 0.3) is 5.56 Å². The van der Waals surface area contributed by atoms with Crippen molar-refractivity contribution in [2.75, 3.05) is 13.2 Å². The average Bonchev–Trinajstić information content (AvgIpc) is 2.73. The summed E-state index contributed by atoms with van der Waals surface area (Å²) in [4.78, 5) is 30.9. The molecule has 9 nitrogen and oxygen atoms in total. The topological polar surface area (TPSA) is 138 Å². The third-order valence-corrected chi connectivity index (χ3v) is 6.10. The van der Waals surface area contributed by atoms with E-state index in [2.05, 4.69) is 14.7 Å². The number of aromatic nitrogens is 2. The van der Waals surface area contributed by atoms with Gasteiger partial charge in [0.1, 0.15) is 11.6 Å². The predicted octanol–water partition coefficient (Wildman–Crippen LogP) is 2.77. The number of aromatic carboxylic acids is 1. The molecule has 0 radical (unpaired) electrons. The Morgan fingerprint density at radius 1 is 1.19 bits per heavy atom. The van der Waals surface area contributed by atoms with E-state index in [0.717, 1.165) is 12.8 Å². The van der Waals surface area contributed by atoms with Gasteiger partial charge in [-0.1, -0.05) is 20.3 Å². The zero-order valence-corrected chi connectivity index (χ0v) is 18.0. The van der Waals surface area contributed by atoms with Crippen molar-refractivity contribution in [2.24, 2.45) is 0 Å². The SMILES string of the molecule is CCCCOc1ccc(S(=O)(=O)NCC)cc1-c1nc2ccc(C(=O)O)cc2c(=O)[nH]1. The van der Waals surface area contributed by atoms with Crippen LogP contribution in [0.5, 0.6) is 5.75 Å². The molecule has 0 saturated heterocycles. The van der Waals surface area contributed by atoms with Crippen LogP contribution in [0.15, 0.2) is 46.1 Å². The summed E-state index contributed by atoms with van der Waals surface area (Å²) >= 11 is 0. The molecule has 3 rings (SSSR count). The Morgan fingerprint density at radius 2 is 1.97 bits per heavy atom. The minimum atomic E-state index is -3.74. The number of nitrogens with zero attached hydrogens (tertiary/aromatic N) is 1. The van der Waals surface area contributed by atoms with Crippen molar-refractivity contribution in [3.63, 3.8) is 0 Å². The Hall–Kier alpha value is -3.24. The lowest BCUT2D eigenvalue weighted by Gasteiger charge is -2.13. The Labute approximate surface area is 179 Å². The van der Waals surface area contributed by atoms with Gasteiger partial charge in [0, 0.05) is 6.54 Å². The predicted molar refractivity (Wildman–Crippen MR) is 116 cm³/mol. The normalized spacial score (nSPS) is 11.5. The minimum Gasteiger partial charge on any atom is -0.493 e. The van der Waals surface area contributed by atoms with Crippen molar-refractivity contribution < 1.29 is 23.1 Å². The van der Waals surface area contributed by atoms with Crippen LogP contribution in [-0.2, 0) is 10.0 Å². The molecule has 0 spiro atoms. The number of benzene rings is 2. The van der Waals surface area contributed by atoms with E-state index >= 15 is 0 Å². The van der Waals surface area contributed by atoms with Crippen LogP contribution in [0.1, 0.15) is 37.0 Å². The number of fused-ring (bicyclic) bond motifs is 1. The van der Waals surface area contributed by atoms with E-state index in [9.17, 15) is 18.0 Å². The molecule has 0 unspecified atom stereocenters. The van der Waals surface area contributed by atoms with Gasteiger partial charge in [-0.3, -0.25) is 4.79 Å². The number of hydrogen-bond acceptors (Lipinski definition) is 6. The molecule has 0 aliphatic rings. The van der Waals surface area contributed by atoms with Gasteiger partial charge in [-0.05, 0) is 42.8 Å². The zero-order valence-electron chi connectivity index (χ0n) is 17.1. The lowest BCUT2D eigenvalue weighted by Crippen LogP contribution is -2.23. The molecule has 0 fully saturated rings. The van der Waals surface area contributed by atoms with Gasteiger partial charge in [0.05, 0.1) is 33.5 Å². The van der Waals surface area contributed by atoms with Gasteiger partial charge in [0.15, 0.2) is 0 Å². The van der Waals surface area contributed by atoms with E-state index in [1.165, 1.54) is 36.4 Å². The maximum atomic E-state index is 12.6. The summed E-state index contributed by atoms with van der Waals surface area (Å²) in [6, 6.07) is 8.40. The molecule has 0 atom stereocenters. The van der Waals surface area contributed by atoms with Gasteiger partial charge in [0.2, 0.25) is 10.0 Å². The number of unbranched alkanes of at least 4 members (excludes halogenated alkanes) is 1. The molecule has 10 heteroatoms. The monoisotopic (exact) mass is 445 g/mol. The largest absolute Gasteiger partial charge is 0.493 e. The van der Waals surface area contributed by atoms with Crippen LogP contribution in [0.2, 0.25) is 0 Å². The first-order valence-electron chi connectivity index (χ1n) is 9.81. The van der Waals surface area contributed by atoms with Crippen LogP contribution in [0.3, 0.4) is 0 Å². The van der Waals surface area contributed by atoms with Crippen molar-refractivity contribution >= 4 is 26.9 Å². The summed E-state index contributed by atoms with van der Waals surface area (Å²) in [5.74, 6) is -0.646. The second kappa shape index (κ2) is 9.27. The standard InChI is InChI=1S/C21H23N3O6S/c1-3-5-10-30-18-9-7-14(31(28,29)22-4-2)12-16(18)19-23-17-8-6-13(21(26)27)11-15(17)20(25)24-19/h6-9,11-12,22H,3-5,10H2,1-2H3,(H,26,27)(H,23,24,25). The van der Waals surface area contributed by atoms with Gasteiger partial charge in [-0.25, -0.2) is 22.9 Å². The Kier molecular flexibility index (Phi) is 6.71. The number of ether oxygens (including phenoxy) is 1. The van der Waals surface area contributed by atoms with Crippen LogP contribution >= 0.6 is 0 Å². The third-order valence-electron chi connectivity index (χ3n) is 4.56. The van der Waals surface area contributed by atoms with Gasteiger partial charge in [-0.15, -0.1) is 0 Å². The van der Waals surface area contributed by atoms with Crippen LogP contribution in [0.4, 0.5) is 0 Å². The molecule has 0 amide bonds. The molecular weight excluding hydrogens is 422 g/mol. The third kappa shape index (κ3) is 4.92. The van der Waals surface area contributed by atoms with Crippen molar-refractivity contribution in [3.05, 3.63) is 52.3 Å². The number of hydrogen-bond donors (Lipinski definition) is 3. The van der Waals surface area contributed by atoms with Crippen molar-refractivity contribution in [2.45, 2.75) is 31.6 Å². The molecule has 3 aromatic rings. The van der Waals surface area contributed by atoms with Crippen molar-refractivity contribution in [1.82, 2.24) is 14.7 Å². The molecule has 1 aromatic heterocycles. The van der Waals surface area contributed by atoms with E-state index in [1.54, 1.807) is 6.92 Å². The summed E-state index contributed by atoms with van der Waals surface area (Å²) in [7, 11) is -3.74. The highest BCUT2D eigenvalue weighted by molar-refractivity contribution is 7.89. The van der Waals surface area contributed by atoms with E-state index in [-0.39, 0.29) is 33.7 Å². The van der Waals surface area contributed by atoms with Crippen LogP contribution in [0.25, 0.3) is 22.3 Å². The number of aromatic amines is 1. The fourth-order valence-corrected chi connectivity index (χ4v) is 4.05. The molecular formula is C21H23N3O6S. The molecule has 3 N–H and O–H groups in total. The average molecular weight is 445 g/mol. The molecule has 1 heterocycles. The molecule has 0 aliphatic heterocycles. The molecule has 31 heavy (non-hydrogen) atoms. The van der Waals surface area contributed by atoms with E-state index in [0.29, 0.717) is 17.9 Å². The fourth-order valence-electron chi connectivity index (χ4n) is 2.99. The molecule has 0 saturated carbocycles. The molecule has 164 valence electrons. The minimum absolute atomic E-state index is 0.0103. The zero-order chi connectivity index (χ0) is 22.6. The Morgan fingerprint density at radius 3 is 2.65 bits per heavy atom. The quantitative estimate of drug-likeness (QED) is 0.430. The van der Waals surface area contributed by atoms with Gasteiger partial charge >= 0.3 is 5.97 Å². The van der Waals surface area contributed by atoms with E-state index < -0.39 is 21.6 Å². The number of H-pyrrole nitrogens is 1. The highest BCUT2D eigenvalue weighted by Crippen LogP contribution is 2.31. The fraction of sp³-hybridized carbons (Fsp3) is 0.286. The first-order valence-corrected chi connectivity index (χ1v) is 11.3. The van der Waals surface area contributed by atoms with E-state index in [1.807, 2.05) is 6.92 Å². The van der Waals surface area contributed by atoms with Gasteiger partial charge in [-0.2, -0.15) is 0 Å². The van der Waals surface area contributed by atoms with Crippen LogP contribution < -0.4 is 15.0 Å². The molecule has 0 aliphatic carbocycles. The summed E-state index contributed by atoms with van der Waals surface area (Å²) in [5.41, 5.74) is 0.0250. The summed E-state index contributed by atoms with van der Waals surface area (Å²) in [6.07, 6.45) is 1.72. The highest BCUT2D eigenvalue weighted by Gasteiger charge is 2.19. The number of carboxylic acid groups (broad SMARTS) is 1.